The van der Waals surface area contributed by atoms with Gasteiger partial charge < -0.3 is 10.6 Å². The van der Waals surface area contributed by atoms with Gasteiger partial charge in [0.15, 0.2) is 0 Å². The van der Waals surface area contributed by atoms with Gasteiger partial charge in [-0.1, -0.05) is 0 Å². The normalized spacial score (nSPS) is 16.4. The molecule has 1 saturated heterocycles. The molecule has 0 aromatic heterocycles. The molecule has 0 spiro atoms. The van der Waals surface area contributed by atoms with Gasteiger partial charge in [-0.25, -0.2) is 8.78 Å². The summed E-state index contributed by atoms with van der Waals surface area (Å²) >= 11 is 0. The number of hydrogen-bond acceptors (Lipinski definition) is 3. The zero-order valence-corrected chi connectivity index (χ0v) is 11.5. The smallest absolute Gasteiger partial charge is 0.238 e. The van der Waals surface area contributed by atoms with Gasteiger partial charge >= 0.3 is 0 Å². The molecule has 110 valence electrons. The first-order chi connectivity index (χ1) is 9.56. The van der Waals surface area contributed by atoms with Crippen LogP contribution in [0.25, 0.3) is 0 Å². The number of rotatable bonds is 4. The van der Waals surface area contributed by atoms with Crippen LogP contribution in [0, 0.1) is 11.6 Å². The number of benzene rings is 1. The van der Waals surface area contributed by atoms with E-state index in [9.17, 15) is 13.6 Å². The summed E-state index contributed by atoms with van der Waals surface area (Å²) in [7, 11) is 1.89. The number of carbonyl (C=O) groups is 1. The van der Waals surface area contributed by atoms with Gasteiger partial charge in [0, 0.05) is 12.1 Å². The van der Waals surface area contributed by atoms with E-state index in [0.717, 1.165) is 38.1 Å². The van der Waals surface area contributed by atoms with Crippen LogP contribution in [-0.2, 0) is 4.79 Å². The number of likely N-dealkylation sites (N-methyl/N-ethyl adjacent to an activating group) is 1. The average Bonchev–Trinajstić information content (AvgIpc) is 2.43. The minimum Gasteiger partial charge on any atom is -0.322 e. The van der Waals surface area contributed by atoms with Gasteiger partial charge in [0.1, 0.15) is 11.6 Å². The van der Waals surface area contributed by atoms with E-state index in [2.05, 4.69) is 10.6 Å². The third-order valence-electron chi connectivity index (χ3n) is 3.53. The van der Waals surface area contributed by atoms with Crippen LogP contribution in [0.5, 0.6) is 0 Å². The highest BCUT2D eigenvalue weighted by Crippen LogP contribution is 2.15. The Labute approximate surface area is 117 Å². The maximum atomic E-state index is 13.4. The number of nitrogens with zero attached hydrogens (tertiary/aromatic N) is 1. The third kappa shape index (κ3) is 3.98. The molecule has 4 nitrogen and oxygen atoms in total. The predicted octanol–water partition coefficient (Wildman–Crippen LogP) is 1.59. The third-order valence-corrected chi connectivity index (χ3v) is 3.53. The summed E-state index contributed by atoms with van der Waals surface area (Å²) < 4.78 is 26.2. The Kier molecular flexibility index (Phi) is 5.03. The lowest BCUT2D eigenvalue weighted by molar-refractivity contribution is -0.117. The van der Waals surface area contributed by atoms with Crippen molar-refractivity contribution in [3.05, 3.63) is 29.8 Å². The summed E-state index contributed by atoms with van der Waals surface area (Å²) in [6, 6.07) is 3.47. The minimum atomic E-state index is -0.761. The molecule has 1 fully saturated rings. The fourth-order valence-electron chi connectivity index (χ4n) is 2.38. The van der Waals surface area contributed by atoms with E-state index >= 15 is 0 Å². The van der Waals surface area contributed by atoms with Crippen molar-refractivity contribution >= 4 is 11.6 Å². The Hall–Kier alpha value is -1.53. The van der Waals surface area contributed by atoms with Gasteiger partial charge in [0.25, 0.3) is 0 Å². The summed E-state index contributed by atoms with van der Waals surface area (Å²) in [6.45, 7) is 2.09. The summed E-state index contributed by atoms with van der Waals surface area (Å²) in [5.74, 6) is -1.72. The summed E-state index contributed by atoms with van der Waals surface area (Å²) in [5.41, 5.74) is 0.00936. The molecule has 2 N–H and O–H groups in total. The lowest BCUT2D eigenvalue weighted by Crippen LogP contribution is -2.44. The highest BCUT2D eigenvalue weighted by Gasteiger charge is 2.20. The highest BCUT2D eigenvalue weighted by molar-refractivity contribution is 5.92. The fourth-order valence-corrected chi connectivity index (χ4v) is 2.38. The quantitative estimate of drug-likeness (QED) is 0.882. The maximum absolute atomic E-state index is 13.4. The van der Waals surface area contributed by atoms with Crippen LogP contribution in [0.2, 0.25) is 0 Å². The molecule has 1 aliphatic rings. The molecule has 0 saturated carbocycles. The van der Waals surface area contributed by atoms with Crippen molar-refractivity contribution < 1.29 is 13.6 Å². The van der Waals surface area contributed by atoms with Crippen LogP contribution >= 0.6 is 0 Å². The number of anilines is 1. The average molecular weight is 283 g/mol. The van der Waals surface area contributed by atoms with E-state index in [1.54, 1.807) is 0 Å². The van der Waals surface area contributed by atoms with Crippen molar-refractivity contribution in [1.29, 1.82) is 0 Å². The van der Waals surface area contributed by atoms with Gasteiger partial charge in [-0.3, -0.25) is 9.69 Å². The van der Waals surface area contributed by atoms with Crippen molar-refractivity contribution in [2.45, 2.75) is 18.9 Å². The molecule has 0 aliphatic carbocycles. The molecule has 6 heteroatoms. The lowest BCUT2D eigenvalue weighted by Gasteiger charge is -2.31. The molecule has 1 aromatic carbocycles. The largest absolute Gasteiger partial charge is 0.322 e. The van der Waals surface area contributed by atoms with Crippen LogP contribution < -0.4 is 10.6 Å². The lowest BCUT2D eigenvalue weighted by atomic mass is 10.1. The Morgan fingerprint density at radius 1 is 1.40 bits per heavy atom. The van der Waals surface area contributed by atoms with Gasteiger partial charge in [0.2, 0.25) is 5.91 Å². The van der Waals surface area contributed by atoms with Crippen LogP contribution in [-0.4, -0.2) is 43.5 Å². The zero-order valence-electron chi connectivity index (χ0n) is 11.5. The molecular weight excluding hydrogens is 264 g/mol. The van der Waals surface area contributed by atoms with E-state index in [1.807, 2.05) is 11.9 Å². The number of amides is 1. The van der Waals surface area contributed by atoms with E-state index in [1.165, 1.54) is 6.07 Å². The number of piperidine rings is 1. The summed E-state index contributed by atoms with van der Waals surface area (Å²) in [5, 5.41) is 5.73. The zero-order chi connectivity index (χ0) is 14.5. The molecule has 20 heavy (non-hydrogen) atoms. The molecule has 0 bridgehead atoms. The van der Waals surface area contributed by atoms with Crippen molar-refractivity contribution in [3.8, 4) is 0 Å². The number of hydrogen-bond donors (Lipinski definition) is 2. The topological polar surface area (TPSA) is 44.4 Å². The van der Waals surface area contributed by atoms with Crippen LogP contribution in [0.4, 0.5) is 14.5 Å². The van der Waals surface area contributed by atoms with Crippen molar-refractivity contribution in [1.82, 2.24) is 10.2 Å². The molecule has 0 radical (unpaired) electrons. The minimum absolute atomic E-state index is 0.00936. The van der Waals surface area contributed by atoms with Crippen LogP contribution in [0.15, 0.2) is 18.2 Å². The Morgan fingerprint density at radius 3 is 2.75 bits per heavy atom. The molecule has 1 amide bonds. The molecule has 1 aliphatic heterocycles. The Balaban J connectivity index is 1.88. The SMILES string of the molecule is CN(CC(=O)Nc1ccc(F)cc1F)C1CCNCC1. The van der Waals surface area contributed by atoms with E-state index in [-0.39, 0.29) is 18.1 Å². The molecular formula is C14H19F2N3O. The van der Waals surface area contributed by atoms with Crippen molar-refractivity contribution in [3.63, 3.8) is 0 Å². The van der Waals surface area contributed by atoms with Gasteiger partial charge in [-0.05, 0) is 45.1 Å². The number of nitrogens with one attached hydrogen (secondary N) is 2. The summed E-state index contributed by atoms with van der Waals surface area (Å²) in [6.07, 6.45) is 1.99. The monoisotopic (exact) mass is 283 g/mol. The van der Waals surface area contributed by atoms with Crippen molar-refractivity contribution in [2.75, 3.05) is 32.0 Å². The second-order valence-corrected chi connectivity index (χ2v) is 5.07. The van der Waals surface area contributed by atoms with E-state index < -0.39 is 11.6 Å². The number of halogens is 2. The number of carbonyl (C=O) groups excluding carboxylic acids is 1. The van der Waals surface area contributed by atoms with Gasteiger partial charge in [-0.2, -0.15) is 0 Å². The maximum Gasteiger partial charge on any atom is 0.238 e. The van der Waals surface area contributed by atoms with Crippen molar-refractivity contribution in [2.24, 2.45) is 0 Å². The molecule has 1 heterocycles. The van der Waals surface area contributed by atoms with Crippen LogP contribution in [0.1, 0.15) is 12.8 Å². The highest BCUT2D eigenvalue weighted by atomic mass is 19.1. The van der Waals surface area contributed by atoms with E-state index in [0.29, 0.717) is 6.04 Å². The molecule has 0 unspecified atom stereocenters. The standard InChI is InChI=1S/C14H19F2N3O/c1-19(11-4-6-17-7-5-11)9-14(20)18-13-3-2-10(15)8-12(13)16/h2-3,8,11,17H,4-7,9H2,1H3,(H,18,20). The molecule has 2 rings (SSSR count). The van der Waals surface area contributed by atoms with Crippen LogP contribution in [0.3, 0.4) is 0 Å². The first kappa shape index (κ1) is 14.9. The molecule has 1 aromatic rings. The van der Waals surface area contributed by atoms with Gasteiger partial charge in [-0.15, -0.1) is 0 Å². The second kappa shape index (κ2) is 6.76. The second-order valence-electron chi connectivity index (χ2n) is 5.07. The predicted molar refractivity (Wildman–Crippen MR) is 73.5 cm³/mol. The first-order valence-electron chi connectivity index (χ1n) is 6.72. The first-order valence-corrected chi connectivity index (χ1v) is 6.72. The van der Waals surface area contributed by atoms with Gasteiger partial charge in [0.05, 0.1) is 12.2 Å². The summed E-state index contributed by atoms with van der Waals surface area (Å²) in [4.78, 5) is 13.8. The molecule has 0 atom stereocenters. The fraction of sp³-hybridized carbons (Fsp3) is 0.500. The Bertz CT molecular complexity index is 475. The Morgan fingerprint density at radius 2 is 2.10 bits per heavy atom. The van der Waals surface area contributed by atoms with E-state index in [4.69, 9.17) is 0 Å².